The van der Waals surface area contributed by atoms with Crippen molar-refractivity contribution in [3.8, 4) is 0 Å². The molecule has 0 aromatic carbocycles. The van der Waals surface area contributed by atoms with Gasteiger partial charge < -0.3 is 20.4 Å². The van der Waals surface area contributed by atoms with E-state index in [0.717, 1.165) is 17.2 Å². The Hall–Kier alpha value is -3.25. The molecule has 0 fully saturated rings. The molecule has 2 rings (SSSR count). The quantitative estimate of drug-likeness (QED) is 0.537. The molecule has 3 amide bonds. The van der Waals surface area contributed by atoms with Crippen molar-refractivity contribution in [3.05, 3.63) is 40.9 Å². The Morgan fingerprint density at radius 2 is 1.82 bits per heavy atom. The van der Waals surface area contributed by atoms with Gasteiger partial charge in [-0.2, -0.15) is 0 Å². The number of nitrogens with zero attached hydrogens (tertiary/aromatic N) is 3. The van der Waals surface area contributed by atoms with Gasteiger partial charge in [0, 0.05) is 13.2 Å². The summed E-state index contributed by atoms with van der Waals surface area (Å²) in [5.74, 6) is -2.48. The highest BCUT2D eigenvalue weighted by Gasteiger charge is 2.27. The fourth-order valence-corrected chi connectivity index (χ4v) is 2.61. The molecule has 0 radical (unpaired) electrons. The summed E-state index contributed by atoms with van der Waals surface area (Å²) < 4.78 is 19.2. The molecule has 0 aliphatic heterocycles. The number of carbonyl (C=O) groups is 3. The smallest absolute Gasteiger partial charge is 0.410 e. The second-order valence-electron chi connectivity index (χ2n) is 8.10. The normalized spacial score (nSPS) is 11.9. The van der Waals surface area contributed by atoms with Crippen LogP contribution in [0.2, 0.25) is 5.02 Å². The molecule has 0 aliphatic rings. The fraction of sp³-hybridized carbons (Fsp3) is 0.350. The Kier molecular flexibility index (Phi) is 8.34. The maximum Gasteiger partial charge on any atom is 0.410 e. The van der Waals surface area contributed by atoms with E-state index >= 15 is 0 Å². The predicted molar refractivity (Wildman–Crippen MR) is 122 cm³/mol. The molecule has 176 valence electrons. The molecule has 2 heterocycles. The molecule has 1 atom stereocenters. The Morgan fingerprint density at radius 3 is 2.36 bits per heavy atom. The van der Waals surface area contributed by atoms with Crippen molar-refractivity contribution in [1.29, 1.82) is 0 Å². The van der Waals surface area contributed by atoms with Gasteiger partial charge in [0.05, 0.1) is 5.02 Å². The summed E-state index contributed by atoms with van der Waals surface area (Å²) in [6.07, 6.45) is 0.429. The van der Waals surface area contributed by atoms with E-state index in [2.05, 4.69) is 20.6 Å². The first kappa shape index (κ1) is 26.0. The molecule has 2 aromatic rings. The number of rotatable bonds is 6. The largest absolute Gasteiger partial charge is 0.449 e. The van der Waals surface area contributed by atoms with E-state index in [1.807, 2.05) is 0 Å². The lowest BCUT2D eigenvalue weighted by Crippen LogP contribution is -2.45. The molecule has 0 aliphatic carbocycles. The Bertz CT molecular complexity index is 1070. The number of nitrogens with one attached hydrogen (secondary N) is 2. The van der Waals surface area contributed by atoms with Crippen molar-refractivity contribution in [3.63, 3.8) is 0 Å². The first-order valence-corrected chi connectivity index (χ1v) is 10.2. The van der Waals surface area contributed by atoms with Crippen LogP contribution in [-0.4, -0.2) is 64.0 Å². The third kappa shape index (κ3) is 7.40. The zero-order valence-electron chi connectivity index (χ0n) is 18.8. The molecular formula is C20H24BClFN5O5. The van der Waals surface area contributed by atoms with Crippen molar-refractivity contribution >= 4 is 54.1 Å². The monoisotopic (exact) mass is 479 g/mol. The minimum atomic E-state index is -0.926. The second kappa shape index (κ2) is 10.6. The van der Waals surface area contributed by atoms with Crippen molar-refractivity contribution in [2.24, 2.45) is 0 Å². The van der Waals surface area contributed by atoms with Crippen LogP contribution in [0.5, 0.6) is 0 Å². The van der Waals surface area contributed by atoms with Gasteiger partial charge in [-0.25, -0.2) is 19.2 Å². The molecule has 0 saturated carbocycles. The highest BCUT2D eigenvalue weighted by molar-refractivity contribution is 6.45. The molecule has 1 unspecified atom stereocenters. The Morgan fingerprint density at radius 1 is 1.21 bits per heavy atom. The molecule has 3 N–H and O–H groups in total. The molecule has 33 heavy (non-hydrogen) atoms. The number of likely N-dealkylation sites (N-methyl/N-ethyl adjacent to an activating group) is 1. The van der Waals surface area contributed by atoms with Gasteiger partial charge in [-0.1, -0.05) is 11.6 Å². The van der Waals surface area contributed by atoms with Gasteiger partial charge in [0.25, 0.3) is 5.91 Å². The van der Waals surface area contributed by atoms with E-state index in [4.69, 9.17) is 16.3 Å². The Balaban J connectivity index is 2.17. The number of aromatic nitrogens is 2. The highest BCUT2D eigenvalue weighted by Crippen LogP contribution is 2.15. The summed E-state index contributed by atoms with van der Waals surface area (Å²) in [4.78, 5) is 46.1. The van der Waals surface area contributed by atoms with Crippen LogP contribution in [0.4, 0.5) is 20.8 Å². The SMILES string of the molecule is CC(C(=O)Nc1cc(BO)cc(NC(=O)c2ncc(Cl)cc2F)n1)N(C)C(=O)OC(C)(C)C. The van der Waals surface area contributed by atoms with E-state index < -0.39 is 48.5 Å². The lowest BCUT2D eigenvalue weighted by Gasteiger charge is -2.28. The van der Waals surface area contributed by atoms with Crippen molar-refractivity contribution < 1.29 is 28.5 Å². The minimum Gasteiger partial charge on any atom is -0.449 e. The Labute approximate surface area is 195 Å². The van der Waals surface area contributed by atoms with Gasteiger partial charge in [-0.05, 0) is 51.4 Å². The van der Waals surface area contributed by atoms with E-state index in [0.29, 0.717) is 5.46 Å². The van der Waals surface area contributed by atoms with E-state index in [1.54, 1.807) is 20.8 Å². The van der Waals surface area contributed by atoms with Gasteiger partial charge in [-0.3, -0.25) is 14.5 Å². The maximum absolute atomic E-state index is 14.0. The number of halogens is 2. The molecular weight excluding hydrogens is 456 g/mol. The summed E-state index contributed by atoms with van der Waals surface area (Å²) in [5, 5.41) is 14.4. The third-order valence-electron chi connectivity index (χ3n) is 4.23. The average Bonchev–Trinajstić information content (AvgIpc) is 2.70. The summed E-state index contributed by atoms with van der Waals surface area (Å²) in [6, 6.07) is 2.74. The number of pyridine rings is 2. The summed E-state index contributed by atoms with van der Waals surface area (Å²) in [5.41, 5.74) is -0.925. The van der Waals surface area contributed by atoms with Crippen molar-refractivity contribution in [2.75, 3.05) is 17.7 Å². The molecule has 0 spiro atoms. The summed E-state index contributed by atoms with van der Waals surface area (Å²) in [7, 11) is 0.990. The number of amides is 3. The van der Waals surface area contributed by atoms with Crippen LogP contribution >= 0.6 is 11.6 Å². The van der Waals surface area contributed by atoms with Crippen LogP contribution in [0.1, 0.15) is 38.2 Å². The molecule has 13 heteroatoms. The molecule has 2 aromatic heterocycles. The van der Waals surface area contributed by atoms with Crippen molar-refractivity contribution in [1.82, 2.24) is 14.9 Å². The first-order chi connectivity index (χ1) is 15.3. The lowest BCUT2D eigenvalue weighted by molar-refractivity contribution is -0.120. The number of ether oxygens (including phenoxy) is 1. The lowest BCUT2D eigenvalue weighted by atomic mass is 9.89. The highest BCUT2D eigenvalue weighted by atomic mass is 35.5. The van der Waals surface area contributed by atoms with Gasteiger partial charge in [0.1, 0.15) is 23.3 Å². The zero-order chi connectivity index (χ0) is 24.9. The zero-order valence-corrected chi connectivity index (χ0v) is 19.5. The summed E-state index contributed by atoms with van der Waals surface area (Å²) >= 11 is 5.64. The standard InChI is InChI=1S/C20H24BClFN5O5/c1-10(28(5)19(31)33-20(2,3)4)17(29)26-14-6-11(21-32)7-15(25-14)27-18(30)16-13(23)8-12(22)9-24-16/h6-10,21,32H,1-5H3,(H2,25,26,27,29,30). The van der Waals surface area contributed by atoms with Gasteiger partial charge >= 0.3 is 13.6 Å². The summed E-state index contributed by atoms with van der Waals surface area (Å²) in [6.45, 7) is 6.60. The van der Waals surface area contributed by atoms with Crippen molar-refractivity contribution in [2.45, 2.75) is 39.3 Å². The van der Waals surface area contributed by atoms with E-state index in [9.17, 15) is 23.8 Å². The molecule has 10 nitrogen and oxygen atoms in total. The topological polar surface area (TPSA) is 134 Å². The fourth-order valence-electron chi connectivity index (χ4n) is 2.46. The molecule has 0 bridgehead atoms. The van der Waals surface area contributed by atoms with E-state index in [-0.39, 0.29) is 16.7 Å². The van der Waals surface area contributed by atoms with Crippen LogP contribution in [0.3, 0.4) is 0 Å². The second-order valence-corrected chi connectivity index (χ2v) is 8.53. The average molecular weight is 480 g/mol. The molecule has 0 saturated heterocycles. The number of carbonyl (C=O) groups excluding carboxylic acids is 3. The van der Waals surface area contributed by atoms with Crippen LogP contribution in [0.25, 0.3) is 0 Å². The number of anilines is 2. The van der Waals surface area contributed by atoms with Gasteiger partial charge in [0.15, 0.2) is 11.5 Å². The number of hydrogen-bond acceptors (Lipinski definition) is 7. The van der Waals surface area contributed by atoms with Gasteiger partial charge in [-0.15, -0.1) is 0 Å². The van der Waals surface area contributed by atoms with Crippen LogP contribution in [0, 0.1) is 5.82 Å². The predicted octanol–water partition coefficient (Wildman–Crippen LogP) is 1.68. The van der Waals surface area contributed by atoms with E-state index in [1.165, 1.54) is 26.1 Å². The third-order valence-corrected chi connectivity index (χ3v) is 4.43. The van der Waals surface area contributed by atoms with Crippen LogP contribution < -0.4 is 16.1 Å². The minimum absolute atomic E-state index is 0.00386. The first-order valence-electron chi connectivity index (χ1n) is 9.81. The van der Waals surface area contributed by atoms with Crippen LogP contribution in [0.15, 0.2) is 24.4 Å². The van der Waals surface area contributed by atoms with Gasteiger partial charge in [0.2, 0.25) is 5.91 Å². The number of hydrogen-bond donors (Lipinski definition) is 3. The van der Waals surface area contributed by atoms with Crippen LogP contribution in [-0.2, 0) is 9.53 Å². The maximum atomic E-state index is 14.0.